The second kappa shape index (κ2) is 3.93. The van der Waals surface area contributed by atoms with Crippen molar-refractivity contribution in [3.63, 3.8) is 0 Å². The van der Waals surface area contributed by atoms with Crippen LogP contribution in [0.25, 0.3) is 0 Å². The lowest BCUT2D eigenvalue weighted by Crippen LogP contribution is -1.95. The summed E-state index contributed by atoms with van der Waals surface area (Å²) in [6.07, 6.45) is 0. The van der Waals surface area contributed by atoms with Crippen molar-refractivity contribution in [3.05, 3.63) is 59.0 Å². The van der Waals surface area contributed by atoms with E-state index in [4.69, 9.17) is 4.42 Å². The highest BCUT2D eigenvalue weighted by Crippen LogP contribution is 2.28. The van der Waals surface area contributed by atoms with Gasteiger partial charge in [-0.2, -0.15) is 0 Å². The van der Waals surface area contributed by atoms with Gasteiger partial charge in [-0.25, -0.2) is 0 Å². The molecule has 1 aromatic heterocycles. The molecule has 1 nitrogen and oxygen atoms in total. The zero-order valence-electron chi connectivity index (χ0n) is 9.45. The molecule has 0 saturated heterocycles. The first-order valence-electron chi connectivity index (χ1n) is 5.30. The van der Waals surface area contributed by atoms with Crippen LogP contribution in [0, 0.1) is 13.8 Å². The monoisotopic (exact) mass is 200 g/mol. The van der Waals surface area contributed by atoms with Crippen LogP contribution in [0.4, 0.5) is 0 Å². The third kappa shape index (κ3) is 1.96. The Labute approximate surface area is 90.7 Å². The molecule has 1 atom stereocenters. The van der Waals surface area contributed by atoms with Gasteiger partial charge in [0, 0.05) is 11.5 Å². The zero-order valence-corrected chi connectivity index (χ0v) is 9.45. The lowest BCUT2D eigenvalue weighted by Gasteiger charge is -2.10. The third-order valence-electron chi connectivity index (χ3n) is 2.85. The molecule has 1 unspecified atom stereocenters. The standard InChI is InChI=1S/C14H16O/c1-10-9-14(12(3)15-10)11(2)13-7-5-4-6-8-13/h4-9,11H,1-3H3. The largest absolute Gasteiger partial charge is 0.466 e. The number of hydrogen-bond donors (Lipinski definition) is 0. The smallest absolute Gasteiger partial charge is 0.104 e. The van der Waals surface area contributed by atoms with Crippen molar-refractivity contribution in [2.75, 3.05) is 0 Å². The molecule has 15 heavy (non-hydrogen) atoms. The van der Waals surface area contributed by atoms with E-state index in [0.29, 0.717) is 5.92 Å². The van der Waals surface area contributed by atoms with E-state index in [1.165, 1.54) is 11.1 Å². The summed E-state index contributed by atoms with van der Waals surface area (Å²) in [5, 5.41) is 0. The Bertz CT molecular complexity index is 440. The van der Waals surface area contributed by atoms with Crippen molar-refractivity contribution in [2.45, 2.75) is 26.7 Å². The van der Waals surface area contributed by atoms with Crippen LogP contribution < -0.4 is 0 Å². The Morgan fingerprint density at radius 1 is 1.07 bits per heavy atom. The highest BCUT2D eigenvalue weighted by Gasteiger charge is 2.13. The SMILES string of the molecule is Cc1cc(C(C)c2ccccc2)c(C)o1. The van der Waals surface area contributed by atoms with Crippen LogP contribution in [-0.4, -0.2) is 0 Å². The number of benzene rings is 1. The van der Waals surface area contributed by atoms with E-state index in [0.717, 1.165) is 11.5 Å². The molecule has 0 aliphatic rings. The molecule has 0 aliphatic carbocycles. The van der Waals surface area contributed by atoms with Crippen molar-refractivity contribution in [1.82, 2.24) is 0 Å². The van der Waals surface area contributed by atoms with Gasteiger partial charge >= 0.3 is 0 Å². The van der Waals surface area contributed by atoms with Gasteiger partial charge in [-0.15, -0.1) is 0 Å². The van der Waals surface area contributed by atoms with Crippen LogP contribution >= 0.6 is 0 Å². The highest BCUT2D eigenvalue weighted by atomic mass is 16.3. The van der Waals surface area contributed by atoms with Gasteiger partial charge in [0.2, 0.25) is 0 Å². The first-order valence-corrected chi connectivity index (χ1v) is 5.30. The molecule has 1 aromatic carbocycles. The number of rotatable bonds is 2. The minimum Gasteiger partial charge on any atom is -0.466 e. The topological polar surface area (TPSA) is 13.1 Å². The van der Waals surface area contributed by atoms with Crippen molar-refractivity contribution >= 4 is 0 Å². The molecule has 0 saturated carbocycles. The average molecular weight is 200 g/mol. The van der Waals surface area contributed by atoms with Crippen LogP contribution in [0.5, 0.6) is 0 Å². The average Bonchev–Trinajstić information content (AvgIpc) is 2.58. The molecule has 2 rings (SSSR count). The first kappa shape index (κ1) is 10.0. The maximum Gasteiger partial charge on any atom is 0.104 e. The van der Waals surface area contributed by atoms with E-state index in [1.54, 1.807) is 0 Å². The van der Waals surface area contributed by atoms with Gasteiger partial charge in [0.1, 0.15) is 11.5 Å². The summed E-state index contributed by atoms with van der Waals surface area (Å²) in [5.41, 5.74) is 2.63. The van der Waals surface area contributed by atoms with E-state index in [2.05, 4.69) is 37.3 Å². The maximum atomic E-state index is 5.56. The first-order chi connectivity index (χ1) is 7.18. The van der Waals surface area contributed by atoms with Gasteiger partial charge in [0.05, 0.1) is 0 Å². The summed E-state index contributed by atoms with van der Waals surface area (Å²) < 4.78 is 5.56. The van der Waals surface area contributed by atoms with Crippen LogP contribution in [0.15, 0.2) is 40.8 Å². The van der Waals surface area contributed by atoms with E-state index in [1.807, 2.05) is 19.9 Å². The molecule has 0 N–H and O–H groups in total. The van der Waals surface area contributed by atoms with E-state index in [-0.39, 0.29) is 0 Å². The number of furan rings is 1. The summed E-state index contributed by atoms with van der Waals surface area (Å²) in [6.45, 7) is 6.24. The molecule has 2 aromatic rings. The Morgan fingerprint density at radius 2 is 1.73 bits per heavy atom. The number of aryl methyl sites for hydroxylation is 2. The highest BCUT2D eigenvalue weighted by molar-refractivity contribution is 5.34. The molecule has 1 heterocycles. The van der Waals surface area contributed by atoms with Crippen molar-refractivity contribution in [1.29, 1.82) is 0 Å². The minimum atomic E-state index is 0.406. The fraction of sp³-hybridized carbons (Fsp3) is 0.286. The Balaban J connectivity index is 2.36. The molecule has 0 spiro atoms. The van der Waals surface area contributed by atoms with E-state index < -0.39 is 0 Å². The Morgan fingerprint density at radius 3 is 2.27 bits per heavy atom. The predicted molar refractivity (Wildman–Crippen MR) is 62.1 cm³/mol. The molecule has 0 aliphatic heterocycles. The summed E-state index contributed by atoms with van der Waals surface area (Å²) in [4.78, 5) is 0. The molecular weight excluding hydrogens is 184 g/mol. The zero-order chi connectivity index (χ0) is 10.8. The van der Waals surface area contributed by atoms with E-state index >= 15 is 0 Å². The van der Waals surface area contributed by atoms with Gasteiger partial charge in [0.15, 0.2) is 0 Å². The quantitative estimate of drug-likeness (QED) is 0.712. The minimum absolute atomic E-state index is 0.406. The summed E-state index contributed by atoms with van der Waals surface area (Å²) in [6, 6.07) is 12.7. The van der Waals surface area contributed by atoms with Gasteiger partial charge in [-0.1, -0.05) is 37.3 Å². The van der Waals surface area contributed by atoms with Crippen LogP contribution in [0.1, 0.15) is 35.5 Å². The molecule has 0 amide bonds. The lowest BCUT2D eigenvalue weighted by molar-refractivity contribution is 0.500. The molecule has 1 heteroatoms. The Hall–Kier alpha value is -1.50. The summed E-state index contributed by atoms with van der Waals surface area (Å²) >= 11 is 0. The fourth-order valence-corrected chi connectivity index (χ4v) is 2.00. The molecule has 78 valence electrons. The van der Waals surface area contributed by atoms with Gasteiger partial charge in [-0.3, -0.25) is 0 Å². The van der Waals surface area contributed by atoms with E-state index in [9.17, 15) is 0 Å². The number of hydrogen-bond acceptors (Lipinski definition) is 1. The normalized spacial score (nSPS) is 12.7. The second-order valence-electron chi connectivity index (χ2n) is 4.00. The second-order valence-corrected chi connectivity index (χ2v) is 4.00. The molecular formula is C14H16O. The molecule has 0 bridgehead atoms. The molecule has 0 fully saturated rings. The van der Waals surface area contributed by atoms with Crippen molar-refractivity contribution < 1.29 is 4.42 Å². The Kier molecular flexibility index (Phi) is 2.63. The van der Waals surface area contributed by atoms with Gasteiger partial charge in [0.25, 0.3) is 0 Å². The van der Waals surface area contributed by atoms with Gasteiger partial charge in [-0.05, 0) is 25.5 Å². The summed E-state index contributed by atoms with van der Waals surface area (Å²) in [7, 11) is 0. The summed E-state index contributed by atoms with van der Waals surface area (Å²) in [5.74, 6) is 2.43. The van der Waals surface area contributed by atoms with Crippen LogP contribution in [-0.2, 0) is 0 Å². The lowest BCUT2D eigenvalue weighted by atomic mass is 9.93. The maximum absolute atomic E-state index is 5.56. The third-order valence-corrected chi connectivity index (χ3v) is 2.85. The van der Waals surface area contributed by atoms with Crippen LogP contribution in [0.3, 0.4) is 0 Å². The van der Waals surface area contributed by atoms with Crippen LogP contribution in [0.2, 0.25) is 0 Å². The fourth-order valence-electron chi connectivity index (χ4n) is 2.00. The van der Waals surface area contributed by atoms with Gasteiger partial charge < -0.3 is 4.42 Å². The van der Waals surface area contributed by atoms with Crippen molar-refractivity contribution in [2.24, 2.45) is 0 Å². The molecule has 0 radical (unpaired) electrons. The van der Waals surface area contributed by atoms with Crippen molar-refractivity contribution in [3.8, 4) is 0 Å². The predicted octanol–water partition coefficient (Wildman–Crippen LogP) is 4.05.